The van der Waals surface area contributed by atoms with Gasteiger partial charge in [0.1, 0.15) is 0 Å². The Morgan fingerprint density at radius 3 is 2.76 bits per heavy atom. The summed E-state index contributed by atoms with van der Waals surface area (Å²) in [6, 6.07) is 11.6. The van der Waals surface area contributed by atoms with Crippen molar-refractivity contribution >= 4 is 43.4 Å². The molecule has 0 spiro atoms. The van der Waals surface area contributed by atoms with E-state index in [0.29, 0.717) is 23.5 Å². The lowest BCUT2D eigenvalue weighted by molar-refractivity contribution is 0.0996. The molecule has 6 heteroatoms. The zero-order valence-corrected chi connectivity index (χ0v) is 16.8. The maximum atomic E-state index is 12.7. The van der Waals surface area contributed by atoms with Gasteiger partial charge in [-0.15, -0.1) is 0 Å². The number of methoxy groups -OCH3 is 1. The van der Waals surface area contributed by atoms with Gasteiger partial charge in [-0.1, -0.05) is 29.5 Å². The van der Waals surface area contributed by atoms with Crippen LogP contribution >= 0.6 is 27.3 Å². The average molecular weight is 419 g/mol. The number of carbonyl (C=O) groups excluding carboxylic acids is 1. The Labute approximate surface area is 158 Å². The number of benzene rings is 2. The minimum atomic E-state index is -0.250. The second-order valence-corrected chi connectivity index (χ2v) is 7.69. The average Bonchev–Trinajstić information content (AvgIpc) is 2.91. The molecule has 0 aliphatic heterocycles. The van der Waals surface area contributed by atoms with E-state index < -0.39 is 0 Å². The monoisotopic (exact) mass is 418 g/mol. The van der Waals surface area contributed by atoms with E-state index in [2.05, 4.69) is 51.5 Å². The van der Waals surface area contributed by atoms with E-state index in [1.807, 2.05) is 18.2 Å². The van der Waals surface area contributed by atoms with Crippen LogP contribution in [0.3, 0.4) is 0 Å². The van der Waals surface area contributed by atoms with Crippen molar-refractivity contribution in [1.29, 1.82) is 0 Å². The van der Waals surface area contributed by atoms with Crippen LogP contribution in [0.2, 0.25) is 0 Å². The van der Waals surface area contributed by atoms with Gasteiger partial charge in [-0.2, -0.15) is 4.99 Å². The van der Waals surface area contributed by atoms with Crippen molar-refractivity contribution in [3.8, 4) is 0 Å². The van der Waals surface area contributed by atoms with Crippen LogP contribution in [0.15, 0.2) is 45.9 Å². The lowest BCUT2D eigenvalue weighted by Gasteiger charge is -2.06. The lowest BCUT2D eigenvalue weighted by Crippen LogP contribution is -2.19. The summed E-state index contributed by atoms with van der Waals surface area (Å²) in [5.74, 6) is -0.250. The maximum absolute atomic E-state index is 12.7. The van der Waals surface area contributed by atoms with E-state index in [1.54, 1.807) is 24.5 Å². The maximum Gasteiger partial charge on any atom is 0.280 e. The lowest BCUT2D eigenvalue weighted by atomic mass is 10.1. The number of fused-ring (bicyclic) bond motifs is 1. The van der Waals surface area contributed by atoms with Crippen molar-refractivity contribution in [2.24, 2.45) is 4.99 Å². The minimum absolute atomic E-state index is 0.250. The van der Waals surface area contributed by atoms with E-state index in [9.17, 15) is 4.79 Å². The summed E-state index contributed by atoms with van der Waals surface area (Å²) in [4.78, 5) is 17.8. The number of rotatable bonds is 4. The van der Waals surface area contributed by atoms with Crippen molar-refractivity contribution in [3.05, 3.63) is 62.4 Å². The molecule has 0 unspecified atom stereocenters. The number of nitrogens with zero attached hydrogens (tertiary/aromatic N) is 2. The van der Waals surface area contributed by atoms with Crippen LogP contribution in [0.1, 0.15) is 21.5 Å². The van der Waals surface area contributed by atoms with Gasteiger partial charge in [-0.05, 0) is 59.1 Å². The smallest absolute Gasteiger partial charge is 0.280 e. The van der Waals surface area contributed by atoms with Crippen LogP contribution in [0, 0.1) is 13.8 Å². The number of aryl methyl sites for hydroxylation is 2. The van der Waals surface area contributed by atoms with Crippen molar-refractivity contribution < 1.29 is 9.53 Å². The fraction of sp³-hybridized carbons (Fsp3) is 0.263. The Kier molecular flexibility index (Phi) is 5.51. The van der Waals surface area contributed by atoms with Crippen LogP contribution in [0.5, 0.6) is 0 Å². The summed E-state index contributed by atoms with van der Waals surface area (Å²) in [7, 11) is 1.68. The largest absolute Gasteiger partial charge is 0.383 e. The minimum Gasteiger partial charge on any atom is -0.383 e. The molecule has 0 bridgehead atoms. The van der Waals surface area contributed by atoms with Crippen molar-refractivity contribution in [3.63, 3.8) is 0 Å². The predicted molar refractivity (Wildman–Crippen MR) is 105 cm³/mol. The molecule has 4 nitrogen and oxygen atoms in total. The molecule has 0 saturated carbocycles. The van der Waals surface area contributed by atoms with Gasteiger partial charge in [0.05, 0.1) is 22.4 Å². The van der Waals surface area contributed by atoms with Gasteiger partial charge in [0.25, 0.3) is 5.91 Å². The first-order valence-corrected chi connectivity index (χ1v) is 9.55. The quantitative estimate of drug-likeness (QED) is 0.627. The molecule has 0 radical (unpaired) electrons. The van der Waals surface area contributed by atoms with Crippen LogP contribution in [0.4, 0.5) is 0 Å². The van der Waals surface area contributed by atoms with Gasteiger partial charge in [-0.3, -0.25) is 4.79 Å². The Bertz CT molecular complexity index is 1000. The second-order valence-electron chi connectivity index (χ2n) is 5.86. The van der Waals surface area contributed by atoms with Crippen LogP contribution in [0.25, 0.3) is 10.2 Å². The highest BCUT2D eigenvalue weighted by Crippen LogP contribution is 2.24. The molecule has 0 saturated heterocycles. The fourth-order valence-corrected chi connectivity index (χ4v) is 4.34. The van der Waals surface area contributed by atoms with E-state index >= 15 is 0 Å². The fourth-order valence-electron chi connectivity index (χ4n) is 2.78. The molecule has 25 heavy (non-hydrogen) atoms. The van der Waals surface area contributed by atoms with Gasteiger partial charge in [0.15, 0.2) is 4.80 Å². The number of thiazole rings is 1. The molecule has 0 aliphatic rings. The number of carbonyl (C=O) groups is 1. The zero-order valence-electron chi connectivity index (χ0n) is 14.4. The molecule has 0 N–H and O–H groups in total. The van der Waals surface area contributed by atoms with Crippen LogP contribution < -0.4 is 4.80 Å². The molecule has 1 aromatic heterocycles. The van der Waals surface area contributed by atoms with E-state index in [4.69, 9.17) is 4.74 Å². The second kappa shape index (κ2) is 7.64. The first-order chi connectivity index (χ1) is 12.0. The Morgan fingerprint density at radius 2 is 2.04 bits per heavy atom. The molecule has 1 amide bonds. The third-order valence-corrected chi connectivity index (χ3v) is 5.86. The normalized spacial score (nSPS) is 12.1. The first kappa shape index (κ1) is 18.0. The first-order valence-electron chi connectivity index (χ1n) is 7.94. The number of amides is 1. The topological polar surface area (TPSA) is 43.6 Å². The molecular formula is C19H19BrN2O2S. The highest BCUT2D eigenvalue weighted by molar-refractivity contribution is 9.10. The van der Waals surface area contributed by atoms with Gasteiger partial charge < -0.3 is 9.30 Å². The summed E-state index contributed by atoms with van der Waals surface area (Å²) in [6.07, 6.45) is 0. The molecule has 0 aliphatic carbocycles. The third kappa shape index (κ3) is 3.76. The molecule has 3 aromatic rings. The van der Waals surface area contributed by atoms with Crippen LogP contribution in [-0.4, -0.2) is 24.2 Å². The highest BCUT2D eigenvalue weighted by atomic mass is 79.9. The van der Waals surface area contributed by atoms with Gasteiger partial charge in [-0.25, -0.2) is 0 Å². The predicted octanol–water partition coefficient (Wildman–Crippen LogP) is 4.47. The number of aromatic nitrogens is 1. The SMILES string of the molecule is COCCn1c(=NC(=O)c2ccccc2Br)sc2c(C)cc(C)cc21. The van der Waals surface area contributed by atoms with E-state index in [0.717, 1.165) is 14.7 Å². The summed E-state index contributed by atoms with van der Waals surface area (Å²) in [5.41, 5.74) is 4.04. The Hall–Kier alpha value is -1.76. The highest BCUT2D eigenvalue weighted by Gasteiger charge is 2.12. The summed E-state index contributed by atoms with van der Waals surface area (Å²) >= 11 is 4.97. The van der Waals surface area contributed by atoms with Crippen molar-refractivity contribution in [2.45, 2.75) is 20.4 Å². The van der Waals surface area contributed by atoms with Gasteiger partial charge in [0, 0.05) is 18.1 Å². The summed E-state index contributed by atoms with van der Waals surface area (Å²) in [5, 5.41) is 0. The van der Waals surface area contributed by atoms with Crippen LogP contribution in [-0.2, 0) is 11.3 Å². The third-order valence-electron chi connectivity index (χ3n) is 3.93. The Balaban J connectivity index is 2.19. The van der Waals surface area contributed by atoms with E-state index in [-0.39, 0.29) is 5.91 Å². The number of halogens is 1. The molecule has 0 fully saturated rings. The molecule has 1 heterocycles. The molecular weight excluding hydrogens is 400 g/mol. The Morgan fingerprint density at radius 1 is 1.28 bits per heavy atom. The van der Waals surface area contributed by atoms with Crippen molar-refractivity contribution in [1.82, 2.24) is 4.57 Å². The van der Waals surface area contributed by atoms with Crippen molar-refractivity contribution in [2.75, 3.05) is 13.7 Å². The van der Waals surface area contributed by atoms with Gasteiger partial charge >= 0.3 is 0 Å². The standard InChI is InChI=1S/C19H19BrN2O2S/c1-12-10-13(2)17-16(11-12)22(8-9-24-3)19(25-17)21-18(23)14-6-4-5-7-15(14)20/h4-7,10-11H,8-9H2,1-3H3. The molecule has 3 rings (SSSR count). The number of hydrogen-bond donors (Lipinski definition) is 0. The summed E-state index contributed by atoms with van der Waals surface area (Å²) in [6.45, 7) is 5.39. The number of hydrogen-bond acceptors (Lipinski definition) is 3. The summed E-state index contributed by atoms with van der Waals surface area (Å²) < 4.78 is 9.21. The molecule has 0 atom stereocenters. The number of ether oxygens (including phenoxy) is 1. The van der Waals surface area contributed by atoms with E-state index in [1.165, 1.54) is 11.1 Å². The molecule has 2 aromatic carbocycles. The zero-order chi connectivity index (χ0) is 18.0. The van der Waals surface area contributed by atoms with Gasteiger partial charge in [0.2, 0.25) is 0 Å². The molecule has 130 valence electrons.